The molecule has 0 aliphatic rings. The molecular formula is C14H16ClNO2. The molecule has 0 saturated carbocycles. The van der Waals surface area contributed by atoms with E-state index in [1.165, 1.54) is 0 Å². The Bertz CT molecular complexity index is 482. The van der Waals surface area contributed by atoms with Crippen LogP contribution in [0.15, 0.2) is 48.5 Å². The highest BCUT2D eigenvalue weighted by molar-refractivity contribution is 5.85. The molecule has 0 saturated heterocycles. The SMILES string of the molecule is COc1ccc(C(N)c2ccc(O)cc2)cc1.Cl. The average molecular weight is 266 g/mol. The summed E-state index contributed by atoms with van der Waals surface area (Å²) < 4.78 is 5.10. The van der Waals surface area contributed by atoms with Gasteiger partial charge in [0, 0.05) is 0 Å². The molecule has 0 spiro atoms. The maximum Gasteiger partial charge on any atom is 0.118 e. The molecule has 96 valence electrons. The van der Waals surface area contributed by atoms with Gasteiger partial charge in [0.25, 0.3) is 0 Å². The fourth-order valence-electron chi connectivity index (χ4n) is 1.69. The van der Waals surface area contributed by atoms with Crippen molar-refractivity contribution in [2.24, 2.45) is 5.73 Å². The van der Waals surface area contributed by atoms with Crippen LogP contribution in [0, 0.1) is 0 Å². The number of phenols is 1. The number of rotatable bonds is 3. The van der Waals surface area contributed by atoms with E-state index < -0.39 is 0 Å². The highest BCUT2D eigenvalue weighted by atomic mass is 35.5. The fourth-order valence-corrected chi connectivity index (χ4v) is 1.69. The van der Waals surface area contributed by atoms with Crippen molar-refractivity contribution in [3.05, 3.63) is 59.7 Å². The third-order valence-corrected chi connectivity index (χ3v) is 2.73. The number of halogens is 1. The summed E-state index contributed by atoms with van der Waals surface area (Å²) in [6, 6.07) is 14.4. The molecule has 0 fully saturated rings. The van der Waals surface area contributed by atoms with Gasteiger partial charge in [-0.25, -0.2) is 0 Å². The van der Waals surface area contributed by atoms with Gasteiger partial charge in [-0.2, -0.15) is 0 Å². The van der Waals surface area contributed by atoms with E-state index in [2.05, 4.69) is 0 Å². The van der Waals surface area contributed by atoms with Crippen LogP contribution in [0.25, 0.3) is 0 Å². The van der Waals surface area contributed by atoms with Crippen molar-refractivity contribution in [2.45, 2.75) is 6.04 Å². The molecule has 2 rings (SSSR count). The molecule has 0 aromatic heterocycles. The third kappa shape index (κ3) is 3.15. The predicted octanol–water partition coefficient (Wildman–Crippen LogP) is 2.87. The second kappa shape index (κ2) is 6.28. The number of aromatic hydroxyl groups is 1. The molecule has 0 radical (unpaired) electrons. The van der Waals surface area contributed by atoms with Crippen LogP contribution in [0.4, 0.5) is 0 Å². The van der Waals surface area contributed by atoms with Crippen LogP contribution in [0.5, 0.6) is 11.5 Å². The largest absolute Gasteiger partial charge is 0.508 e. The van der Waals surface area contributed by atoms with Gasteiger partial charge in [-0.05, 0) is 35.4 Å². The van der Waals surface area contributed by atoms with Crippen molar-refractivity contribution in [2.75, 3.05) is 7.11 Å². The van der Waals surface area contributed by atoms with Crippen molar-refractivity contribution in [1.29, 1.82) is 0 Å². The van der Waals surface area contributed by atoms with Gasteiger partial charge in [0.1, 0.15) is 11.5 Å². The van der Waals surface area contributed by atoms with E-state index in [0.29, 0.717) is 0 Å². The summed E-state index contributed by atoms with van der Waals surface area (Å²) in [7, 11) is 1.63. The molecule has 1 unspecified atom stereocenters. The second-order valence-electron chi connectivity index (χ2n) is 3.84. The molecule has 1 atom stereocenters. The van der Waals surface area contributed by atoms with Gasteiger partial charge in [0.15, 0.2) is 0 Å². The lowest BCUT2D eigenvalue weighted by molar-refractivity contribution is 0.414. The van der Waals surface area contributed by atoms with Crippen molar-refractivity contribution < 1.29 is 9.84 Å². The lowest BCUT2D eigenvalue weighted by atomic mass is 9.99. The zero-order valence-electron chi connectivity index (χ0n) is 10.0. The quantitative estimate of drug-likeness (QED) is 0.897. The number of phenolic OH excluding ortho intramolecular Hbond substituents is 1. The Balaban J connectivity index is 0.00000162. The summed E-state index contributed by atoms with van der Waals surface area (Å²) in [6.45, 7) is 0. The summed E-state index contributed by atoms with van der Waals surface area (Å²) in [4.78, 5) is 0. The van der Waals surface area contributed by atoms with Crippen LogP contribution in [0.3, 0.4) is 0 Å². The molecule has 18 heavy (non-hydrogen) atoms. The Hall–Kier alpha value is -1.71. The van der Waals surface area contributed by atoms with Gasteiger partial charge < -0.3 is 15.6 Å². The molecule has 0 aliphatic heterocycles. The molecule has 2 aromatic rings. The minimum absolute atomic E-state index is 0. The topological polar surface area (TPSA) is 55.5 Å². The molecule has 0 bridgehead atoms. The molecule has 0 aliphatic carbocycles. The summed E-state index contributed by atoms with van der Waals surface area (Å²) >= 11 is 0. The summed E-state index contributed by atoms with van der Waals surface area (Å²) in [5.74, 6) is 1.06. The van der Waals surface area contributed by atoms with E-state index >= 15 is 0 Å². The zero-order chi connectivity index (χ0) is 12.3. The van der Waals surface area contributed by atoms with E-state index in [0.717, 1.165) is 16.9 Å². The Morgan fingerprint density at radius 2 is 1.39 bits per heavy atom. The fraction of sp³-hybridized carbons (Fsp3) is 0.143. The van der Waals surface area contributed by atoms with E-state index in [1.807, 2.05) is 36.4 Å². The minimum Gasteiger partial charge on any atom is -0.508 e. The van der Waals surface area contributed by atoms with Gasteiger partial charge in [-0.15, -0.1) is 12.4 Å². The van der Waals surface area contributed by atoms with Crippen LogP contribution in [0.2, 0.25) is 0 Å². The van der Waals surface area contributed by atoms with E-state index in [4.69, 9.17) is 10.5 Å². The predicted molar refractivity (Wildman–Crippen MR) is 74.4 cm³/mol. The molecule has 3 N–H and O–H groups in total. The molecular weight excluding hydrogens is 250 g/mol. The van der Waals surface area contributed by atoms with Gasteiger partial charge in [-0.1, -0.05) is 24.3 Å². The smallest absolute Gasteiger partial charge is 0.118 e. The lowest BCUT2D eigenvalue weighted by Gasteiger charge is -2.13. The number of hydrogen-bond donors (Lipinski definition) is 2. The highest BCUT2D eigenvalue weighted by Gasteiger charge is 2.08. The summed E-state index contributed by atoms with van der Waals surface area (Å²) in [5.41, 5.74) is 8.11. The average Bonchev–Trinajstić information content (AvgIpc) is 2.39. The standard InChI is InChI=1S/C14H15NO2.ClH/c1-17-13-8-4-11(5-9-13)14(15)10-2-6-12(16)7-3-10;/h2-9,14,16H,15H2,1H3;1H. The van der Waals surface area contributed by atoms with E-state index in [9.17, 15) is 5.11 Å². The van der Waals surface area contributed by atoms with E-state index in [1.54, 1.807) is 19.2 Å². The van der Waals surface area contributed by atoms with Crippen LogP contribution in [-0.2, 0) is 0 Å². The number of benzene rings is 2. The monoisotopic (exact) mass is 265 g/mol. The summed E-state index contributed by atoms with van der Waals surface area (Å²) in [6.07, 6.45) is 0. The first-order valence-electron chi connectivity index (χ1n) is 5.39. The molecule has 3 nitrogen and oxygen atoms in total. The lowest BCUT2D eigenvalue weighted by Crippen LogP contribution is -2.11. The number of hydrogen-bond acceptors (Lipinski definition) is 3. The van der Waals surface area contributed by atoms with Crippen LogP contribution in [-0.4, -0.2) is 12.2 Å². The van der Waals surface area contributed by atoms with Crippen molar-refractivity contribution in [1.82, 2.24) is 0 Å². The van der Waals surface area contributed by atoms with E-state index in [-0.39, 0.29) is 24.2 Å². The molecule has 0 amide bonds. The van der Waals surface area contributed by atoms with Crippen molar-refractivity contribution in [3.8, 4) is 11.5 Å². The van der Waals surface area contributed by atoms with Crippen molar-refractivity contribution >= 4 is 12.4 Å². The van der Waals surface area contributed by atoms with Crippen LogP contribution in [0.1, 0.15) is 17.2 Å². The molecule has 2 aromatic carbocycles. The maximum atomic E-state index is 9.22. The Morgan fingerprint density at radius 1 is 0.944 bits per heavy atom. The first kappa shape index (κ1) is 14.4. The number of ether oxygens (including phenoxy) is 1. The van der Waals surface area contributed by atoms with Gasteiger partial charge in [0.05, 0.1) is 13.2 Å². The maximum absolute atomic E-state index is 9.22. The normalized spacial score (nSPS) is 11.4. The van der Waals surface area contributed by atoms with Crippen LogP contribution >= 0.6 is 12.4 Å². The van der Waals surface area contributed by atoms with Crippen LogP contribution < -0.4 is 10.5 Å². The minimum atomic E-state index is -0.193. The van der Waals surface area contributed by atoms with Crippen molar-refractivity contribution in [3.63, 3.8) is 0 Å². The summed E-state index contributed by atoms with van der Waals surface area (Å²) in [5, 5.41) is 9.22. The Kier molecular flexibility index (Phi) is 5.01. The molecule has 4 heteroatoms. The highest BCUT2D eigenvalue weighted by Crippen LogP contribution is 2.23. The number of nitrogens with two attached hydrogens (primary N) is 1. The Morgan fingerprint density at radius 3 is 1.83 bits per heavy atom. The first-order valence-corrected chi connectivity index (χ1v) is 5.39. The van der Waals surface area contributed by atoms with Gasteiger partial charge in [0.2, 0.25) is 0 Å². The zero-order valence-corrected chi connectivity index (χ0v) is 10.9. The third-order valence-electron chi connectivity index (χ3n) is 2.73. The second-order valence-corrected chi connectivity index (χ2v) is 3.84. The number of methoxy groups -OCH3 is 1. The first-order chi connectivity index (χ1) is 8.20. The Labute approximate surface area is 113 Å². The molecule has 0 heterocycles. The van der Waals surface area contributed by atoms with Gasteiger partial charge in [-0.3, -0.25) is 0 Å². The van der Waals surface area contributed by atoms with Gasteiger partial charge >= 0.3 is 0 Å².